The minimum atomic E-state index is -0.134. The van der Waals surface area contributed by atoms with Crippen molar-refractivity contribution in [1.29, 1.82) is 0 Å². The Kier molecular flexibility index (Phi) is 3.37. The molecule has 0 saturated heterocycles. The van der Waals surface area contributed by atoms with E-state index < -0.39 is 0 Å². The van der Waals surface area contributed by atoms with Gasteiger partial charge in [0.05, 0.1) is 5.52 Å². The number of pyridine rings is 1. The highest BCUT2D eigenvalue weighted by atomic mass is 16.2. The molecule has 0 atom stereocenters. The van der Waals surface area contributed by atoms with Crippen molar-refractivity contribution in [3.05, 3.63) is 59.0 Å². The summed E-state index contributed by atoms with van der Waals surface area (Å²) in [5.74, 6) is 0.406. The molecule has 0 fully saturated rings. The van der Waals surface area contributed by atoms with E-state index in [9.17, 15) is 4.79 Å². The highest BCUT2D eigenvalue weighted by Crippen LogP contribution is 2.20. The monoisotopic (exact) mass is 319 g/mol. The Balaban J connectivity index is 1.64. The first-order valence-electron chi connectivity index (χ1n) is 7.82. The van der Waals surface area contributed by atoms with Gasteiger partial charge in [-0.2, -0.15) is 0 Å². The second-order valence-electron chi connectivity index (χ2n) is 6.01. The van der Waals surface area contributed by atoms with Gasteiger partial charge < -0.3 is 10.2 Å². The van der Waals surface area contributed by atoms with Crippen LogP contribution in [0.2, 0.25) is 0 Å². The molecule has 4 rings (SSSR count). The van der Waals surface area contributed by atoms with Gasteiger partial charge in [0.15, 0.2) is 0 Å². The molecular formula is C18H17N5O. The van der Waals surface area contributed by atoms with E-state index in [1.165, 1.54) is 0 Å². The number of aryl methyl sites for hydroxylation is 1. The van der Waals surface area contributed by atoms with E-state index in [2.05, 4.69) is 32.4 Å². The SMILES string of the molecule is Cc1nc2ccccc2cc1CN(C)c1ncc2c(n1)C(=O)NC2. The third-order valence-corrected chi connectivity index (χ3v) is 4.27. The van der Waals surface area contributed by atoms with Crippen LogP contribution in [-0.2, 0) is 13.1 Å². The van der Waals surface area contributed by atoms with E-state index in [1.54, 1.807) is 6.20 Å². The topological polar surface area (TPSA) is 71.0 Å². The first-order valence-corrected chi connectivity index (χ1v) is 7.82. The summed E-state index contributed by atoms with van der Waals surface area (Å²) in [5.41, 5.74) is 4.41. The number of fused-ring (bicyclic) bond motifs is 2. The van der Waals surface area contributed by atoms with E-state index in [1.807, 2.05) is 37.1 Å². The van der Waals surface area contributed by atoms with Gasteiger partial charge in [0.25, 0.3) is 5.91 Å². The number of hydrogen-bond donors (Lipinski definition) is 1. The van der Waals surface area contributed by atoms with Gasteiger partial charge in [-0.3, -0.25) is 9.78 Å². The quantitative estimate of drug-likeness (QED) is 0.801. The van der Waals surface area contributed by atoms with E-state index in [0.717, 1.165) is 27.7 Å². The second kappa shape index (κ2) is 5.56. The van der Waals surface area contributed by atoms with Crippen molar-refractivity contribution in [3.8, 4) is 0 Å². The predicted molar refractivity (Wildman–Crippen MR) is 91.8 cm³/mol. The number of benzene rings is 1. The zero-order valence-electron chi connectivity index (χ0n) is 13.6. The third-order valence-electron chi connectivity index (χ3n) is 4.27. The van der Waals surface area contributed by atoms with Crippen LogP contribution in [-0.4, -0.2) is 27.9 Å². The fourth-order valence-electron chi connectivity index (χ4n) is 2.91. The fourth-order valence-corrected chi connectivity index (χ4v) is 2.91. The number of hydrogen-bond acceptors (Lipinski definition) is 5. The molecule has 3 aromatic rings. The Morgan fingerprint density at radius 2 is 2.08 bits per heavy atom. The van der Waals surface area contributed by atoms with E-state index in [4.69, 9.17) is 0 Å². The Morgan fingerprint density at radius 1 is 1.25 bits per heavy atom. The molecule has 2 aromatic heterocycles. The zero-order chi connectivity index (χ0) is 16.7. The second-order valence-corrected chi connectivity index (χ2v) is 6.01. The van der Waals surface area contributed by atoms with Gasteiger partial charge in [-0.25, -0.2) is 9.97 Å². The minimum Gasteiger partial charge on any atom is -0.346 e. The minimum absolute atomic E-state index is 0.134. The summed E-state index contributed by atoms with van der Waals surface area (Å²) in [6, 6.07) is 10.2. The van der Waals surface area contributed by atoms with Gasteiger partial charge in [0, 0.05) is 43.0 Å². The summed E-state index contributed by atoms with van der Waals surface area (Å²) in [6.45, 7) is 3.14. The Bertz CT molecular complexity index is 953. The zero-order valence-corrected chi connectivity index (χ0v) is 13.6. The molecule has 3 heterocycles. The Hall–Kier alpha value is -3.02. The van der Waals surface area contributed by atoms with Crippen LogP contribution in [0, 0.1) is 6.92 Å². The Labute approximate surface area is 139 Å². The van der Waals surface area contributed by atoms with Gasteiger partial charge in [-0.15, -0.1) is 0 Å². The van der Waals surface area contributed by atoms with Crippen LogP contribution in [0.1, 0.15) is 27.3 Å². The fraction of sp³-hybridized carbons (Fsp3) is 0.222. The predicted octanol–water partition coefficient (Wildman–Crippen LogP) is 2.21. The normalized spacial score (nSPS) is 13.0. The van der Waals surface area contributed by atoms with Gasteiger partial charge in [0.2, 0.25) is 5.95 Å². The van der Waals surface area contributed by atoms with Crippen molar-refractivity contribution in [2.24, 2.45) is 0 Å². The number of carbonyl (C=O) groups is 1. The lowest BCUT2D eigenvalue weighted by Crippen LogP contribution is -2.21. The third kappa shape index (κ3) is 2.46. The number of nitrogens with one attached hydrogen (secondary N) is 1. The molecule has 6 nitrogen and oxygen atoms in total. The van der Waals surface area contributed by atoms with Crippen molar-refractivity contribution in [2.45, 2.75) is 20.0 Å². The highest BCUT2D eigenvalue weighted by Gasteiger charge is 2.22. The molecule has 1 aliphatic heterocycles. The molecule has 0 unspecified atom stereocenters. The molecule has 0 spiro atoms. The first kappa shape index (κ1) is 14.6. The van der Waals surface area contributed by atoms with Crippen molar-refractivity contribution in [2.75, 3.05) is 11.9 Å². The summed E-state index contributed by atoms with van der Waals surface area (Å²) < 4.78 is 0. The maximum Gasteiger partial charge on any atom is 0.270 e. The van der Waals surface area contributed by atoms with Crippen molar-refractivity contribution >= 4 is 22.8 Å². The number of carbonyl (C=O) groups excluding carboxylic acids is 1. The highest BCUT2D eigenvalue weighted by molar-refractivity contribution is 5.96. The maximum absolute atomic E-state index is 11.8. The lowest BCUT2D eigenvalue weighted by molar-refractivity contribution is 0.0961. The number of amides is 1. The lowest BCUT2D eigenvalue weighted by atomic mass is 10.1. The van der Waals surface area contributed by atoms with Crippen molar-refractivity contribution in [3.63, 3.8) is 0 Å². The number of rotatable bonds is 3. The summed E-state index contributed by atoms with van der Waals surface area (Å²) in [7, 11) is 1.92. The van der Waals surface area contributed by atoms with Crippen LogP contribution in [0.15, 0.2) is 36.5 Å². The standard InChI is InChI=1S/C18H17N5O/c1-11-13(7-12-5-3-4-6-15(12)21-11)10-23(2)18-20-9-14-8-19-17(24)16(14)22-18/h3-7,9H,8,10H2,1-2H3,(H,19,24). The summed E-state index contributed by atoms with van der Waals surface area (Å²) in [4.78, 5) is 27.1. The van der Waals surface area contributed by atoms with E-state index in [-0.39, 0.29) is 5.91 Å². The van der Waals surface area contributed by atoms with Crippen LogP contribution in [0.3, 0.4) is 0 Å². The number of anilines is 1. The van der Waals surface area contributed by atoms with E-state index >= 15 is 0 Å². The number of nitrogens with zero attached hydrogens (tertiary/aromatic N) is 4. The number of aromatic nitrogens is 3. The van der Waals surface area contributed by atoms with Gasteiger partial charge in [0.1, 0.15) is 5.69 Å². The average Bonchev–Trinajstić information content (AvgIpc) is 2.96. The lowest BCUT2D eigenvalue weighted by Gasteiger charge is -2.18. The molecule has 0 bridgehead atoms. The van der Waals surface area contributed by atoms with Crippen molar-refractivity contribution < 1.29 is 4.79 Å². The van der Waals surface area contributed by atoms with Crippen LogP contribution in [0.25, 0.3) is 10.9 Å². The molecular weight excluding hydrogens is 302 g/mol. The molecule has 0 radical (unpaired) electrons. The molecule has 1 amide bonds. The smallest absolute Gasteiger partial charge is 0.270 e. The number of para-hydroxylation sites is 1. The summed E-state index contributed by atoms with van der Waals surface area (Å²) in [6.07, 6.45) is 1.72. The molecule has 24 heavy (non-hydrogen) atoms. The van der Waals surface area contributed by atoms with Gasteiger partial charge in [-0.1, -0.05) is 18.2 Å². The molecule has 1 aliphatic rings. The van der Waals surface area contributed by atoms with Crippen LogP contribution >= 0.6 is 0 Å². The van der Waals surface area contributed by atoms with E-state index in [0.29, 0.717) is 24.7 Å². The average molecular weight is 319 g/mol. The molecule has 6 heteroatoms. The van der Waals surface area contributed by atoms with Gasteiger partial charge in [-0.05, 0) is 24.6 Å². The van der Waals surface area contributed by atoms with Gasteiger partial charge >= 0.3 is 0 Å². The molecule has 120 valence electrons. The maximum atomic E-state index is 11.8. The molecule has 1 N–H and O–H groups in total. The van der Waals surface area contributed by atoms with Crippen LogP contribution in [0.4, 0.5) is 5.95 Å². The molecule has 0 saturated carbocycles. The van der Waals surface area contributed by atoms with Crippen LogP contribution in [0.5, 0.6) is 0 Å². The molecule has 0 aliphatic carbocycles. The molecule has 1 aromatic carbocycles. The first-order chi connectivity index (χ1) is 11.6. The van der Waals surface area contributed by atoms with Crippen molar-refractivity contribution in [1.82, 2.24) is 20.3 Å². The van der Waals surface area contributed by atoms with Crippen LogP contribution < -0.4 is 10.2 Å². The summed E-state index contributed by atoms with van der Waals surface area (Å²) in [5, 5.41) is 3.87. The summed E-state index contributed by atoms with van der Waals surface area (Å²) >= 11 is 0. The largest absolute Gasteiger partial charge is 0.346 e. The Morgan fingerprint density at radius 3 is 2.96 bits per heavy atom.